The first-order valence-electron chi connectivity index (χ1n) is 8.74. The van der Waals surface area contributed by atoms with Gasteiger partial charge in [0, 0.05) is 31.0 Å². The zero-order valence-electron chi connectivity index (χ0n) is 14.4. The van der Waals surface area contributed by atoms with Gasteiger partial charge in [0.15, 0.2) is 0 Å². The van der Waals surface area contributed by atoms with Gasteiger partial charge in [-0.25, -0.2) is 0 Å². The van der Waals surface area contributed by atoms with Crippen LogP contribution in [0, 0.1) is 5.92 Å². The van der Waals surface area contributed by atoms with E-state index in [4.69, 9.17) is 0 Å². The van der Waals surface area contributed by atoms with Crippen molar-refractivity contribution in [2.24, 2.45) is 5.92 Å². The molecular weight excluding hydrogens is 374 g/mol. The van der Waals surface area contributed by atoms with Crippen molar-refractivity contribution in [3.8, 4) is 0 Å². The molecule has 27 heavy (non-hydrogen) atoms. The van der Waals surface area contributed by atoms with Gasteiger partial charge >= 0.3 is 12.4 Å². The molecule has 3 rings (SSSR count). The Morgan fingerprint density at radius 2 is 1.74 bits per heavy atom. The number of halogens is 6. The van der Waals surface area contributed by atoms with Crippen molar-refractivity contribution in [1.29, 1.82) is 0 Å². The quantitative estimate of drug-likeness (QED) is 0.747. The van der Waals surface area contributed by atoms with E-state index in [0.717, 1.165) is 12.1 Å². The second-order valence-electron chi connectivity index (χ2n) is 7.42. The van der Waals surface area contributed by atoms with Gasteiger partial charge in [-0.15, -0.1) is 0 Å². The minimum Gasteiger partial charge on any atom is -0.355 e. The smallest absolute Gasteiger partial charge is 0.355 e. The summed E-state index contributed by atoms with van der Waals surface area (Å²) in [5.41, 5.74) is -0.522. The van der Waals surface area contributed by atoms with Gasteiger partial charge in [-0.1, -0.05) is 12.1 Å². The molecule has 1 saturated heterocycles. The second-order valence-corrected chi connectivity index (χ2v) is 7.42. The average Bonchev–Trinajstić information content (AvgIpc) is 3.17. The highest BCUT2D eigenvalue weighted by Gasteiger charge is 2.47. The Morgan fingerprint density at radius 3 is 2.22 bits per heavy atom. The molecule has 3 nitrogen and oxygen atoms in total. The Morgan fingerprint density at radius 1 is 1.11 bits per heavy atom. The van der Waals surface area contributed by atoms with Gasteiger partial charge in [-0.2, -0.15) is 26.3 Å². The molecule has 150 valence electrons. The molecule has 0 radical (unpaired) electrons. The van der Waals surface area contributed by atoms with E-state index in [9.17, 15) is 31.1 Å². The fourth-order valence-electron chi connectivity index (χ4n) is 3.56. The van der Waals surface area contributed by atoms with Crippen molar-refractivity contribution >= 4 is 5.91 Å². The van der Waals surface area contributed by atoms with E-state index < -0.39 is 35.3 Å². The van der Waals surface area contributed by atoms with Gasteiger partial charge < -0.3 is 10.6 Å². The Labute approximate surface area is 152 Å². The monoisotopic (exact) mass is 394 g/mol. The molecule has 1 aliphatic carbocycles. The molecule has 0 unspecified atom stereocenters. The van der Waals surface area contributed by atoms with Gasteiger partial charge in [-0.05, 0) is 37.0 Å². The van der Waals surface area contributed by atoms with Crippen LogP contribution in [0.25, 0.3) is 0 Å². The fourth-order valence-corrected chi connectivity index (χ4v) is 3.56. The molecule has 1 amide bonds. The predicted molar refractivity (Wildman–Crippen MR) is 85.9 cm³/mol. The van der Waals surface area contributed by atoms with Crippen LogP contribution in [0.2, 0.25) is 0 Å². The largest absolute Gasteiger partial charge is 0.416 e. The maximum Gasteiger partial charge on any atom is 0.416 e. The molecular formula is C18H20F6N2O. The summed E-state index contributed by atoms with van der Waals surface area (Å²) in [4.78, 5) is 12.2. The van der Waals surface area contributed by atoms with E-state index in [1.807, 2.05) is 0 Å². The lowest BCUT2D eigenvalue weighted by molar-refractivity contribution is -0.169. The van der Waals surface area contributed by atoms with Crippen LogP contribution >= 0.6 is 0 Å². The molecule has 0 bridgehead atoms. The zero-order valence-corrected chi connectivity index (χ0v) is 14.4. The average molecular weight is 394 g/mol. The third kappa shape index (κ3) is 4.75. The lowest BCUT2D eigenvalue weighted by atomic mass is 9.91. The van der Waals surface area contributed by atoms with Crippen molar-refractivity contribution in [3.05, 3.63) is 35.4 Å². The number of carbonyl (C=O) groups is 1. The molecule has 1 aliphatic heterocycles. The molecule has 1 aromatic rings. The number of benzene rings is 1. The first-order valence-corrected chi connectivity index (χ1v) is 8.74. The van der Waals surface area contributed by atoms with Crippen LogP contribution in [-0.4, -0.2) is 31.2 Å². The van der Waals surface area contributed by atoms with Gasteiger partial charge in [0.05, 0.1) is 11.5 Å². The van der Waals surface area contributed by atoms with E-state index in [0.29, 0.717) is 18.4 Å². The van der Waals surface area contributed by atoms with Gasteiger partial charge in [0.1, 0.15) is 0 Å². The van der Waals surface area contributed by atoms with E-state index in [2.05, 4.69) is 10.6 Å². The summed E-state index contributed by atoms with van der Waals surface area (Å²) >= 11 is 0. The first-order chi connectivity index (χ1) is 12.5. The Kier molecular flexibility index (Phi) is 5.18. The third-order valence-corrected chi connectivity index (χ3v) is 5.41. The minimum atomic E-state index is -4.41. The molecule has 2 fully saturated rings. The van der Waals surface area contributed by atoms with Crippen LogP contribution in [0.5, 0.6) is 0 Å². The zero-order chi connectivity index (χ0) is 19.9. The molecule has 2 atom stereocenters. The topological polar surface area (TPSA) is 41.1 Å². The van der Waals surface area contributed by atoms with Crippen molar-refractivity contribution in [2.75, 3.05) is 13.1 Å². The SMILES string of the molecule is O=C(CC1(c2ccc(C(F)(F)F)cc2)CC1)NC[C@@H]1C[C@H](C(F)(F)F)CN1. The first kappa shape index (κ1) is 20.0. The van der Waals surface area contributed by atoms with Crippen LogP contribution in [0.4, 0.5) is 26.3 Å². The number of alkyl halides is 6. The van der Waals surface area contributed by atoms with Gasteiger partial charge in [-0.3, -0.25) is 4.79 Å². The van der Waals surface area contributed by atoms with Crippen LogP contribution in [0.1, 0.15) is 36.8 Å². The predicted octanol–water partition coefficient (Wildman–Crippen LogP) is 3.78. The summed E-state index contributed by atoms with van der Waals surface area (Å²) in [7, 11) is 0. The lowest BCUT2D eigenvalue weighted by Crippen LogP contribution is -2.38. The number of nitrogens with one attached hydrogen (secondary N) is 2. The van der Waals surface area contributed by atoms with Crippen LogP contribution < -0.4 is 10.6 Å². The molecule has 1 saturated carbocycles. The maximum absolute atomic E-state index is 12.7. The number of carbonyl (C=O) groups excluding carboxylic acids is 1. The van der Waals surface area contributed by atoms with E-state index in [-0.39, 0.29) is 31.8 Å². The number of rotatable bonds is 5. The van der Waals surface area contributed by atoms with Gasteiger partial charge in [0.2, 0.25) is 5.91 Å². The highest BCUT2D eigenvalue weighted by Crippen LogP contribution is 2.51. The lowest BCUT2D eigenvalue weighted by Gasteiger charge is -2.18. The van der Waals surface area contributed by atoms with Crippen LogP contribution in [-0.2, 0) is 16.4 Å². The van der Waals surface area contributed by atoms with E-state index in [1.165, 1.54) is 12.1 Å². The minimum absolute atomic E-state index is 0.0756. The Hall–Kier alpha value is -1.77. The van der Waals surface area contributed by atoms with Crippen LogP contribution in [0.15, 0.2) is 24.3 Å². The Bertz CT molecular complexity index is 679. The van der Waals surface area contributed by atoms with E-state index in [1.54, 1.807) is 0 Å². The molecule has 1 heterocycles. The summed E-state index contributed by atoms with van der Waals surface area (Å²) < 4.78 is 75.9. The van der Waals surface area contributed by atoms with Crippen molar-refractivity contribution in [3.63, 3.8) is 0 Å². The van der Waals surface area contributed by atoms with Crippen molar-refractivity contribution in [2.45, 2.75) is 49.5 Å². The third-order valence-electron chi connectivity index (χ3n) is 5.41. The number of hydrogen-bond donors (Lipinski definition) is 2. The van der Waals surface area contributed by atoms with Gasteiger partial charge in [0.25, 0.3) is 0 Å². The summed E-state index contributed by atoms with van der Waals surface area (Å²) in [5.74, 6) is -1.70. The molecule has 1 aromatic carbocycles. The summed E-state index contributed by atoms with van der Waals surface area (Å²) in [5, 5.41) is 5.41. The molecule has 2 N–H and O–H groups in total. The number of hydrogen-bond acceptors (Lipinski definition) is 2. The molecule has 0 spiro atoms. The number of amides is 1. The highest BCUT2D eigenvalue weighted by molar-refractivity contribution is 5.78. The maximum atomic E-state index is 12.7. The molecule has 0 aromatic heterocycles. The molecule has 9 heteroatoms. The fraction of sp³-hybridized carbons (Fsp3) is 0.611. The second kappa shape index (κ2) is 7.00. The summed E-state index contributed by atoms with van der Waals surface area (Å²) in [6.45, 7) is -0.0476. The van der Waals surface area contributed by atoms with Crippen LogP contribution in [0.3, 0.4) is 0 Å². The normalized spacial score (nSPS) is 24.7. The Balaban J connectivity index is 1.51. The highest BCUT2D eigenvalue weighted by atomic mass is 19.4. The van der Waals surface area contributed by atoms with Crippen molar-refractivity contribution in [1.82, 2.24) is 10.6 Å². The summed E-state index contributed by atoms with van der Waals surface area (Å²) in [6.07, 6.45) is -7.21. The van der Waals surface area contributed by atoms with Crippen molar-refractivity contribution < 1.29 is 31.1 Å². The van der Waals surface area contributed by atoms with E-state index >= 15 is 0 Å². The standard InChI is InChI=1S/C18H20F6N2O/c19-17(20,21)12-3-1-11(2-4-12)16(5-6-16)8-15(27)26-10-14-7-13(9-25-14)18(22,23)24/h1-4,13-14,25H,5-10H2,(H,26,27)/t13-,14-/m0/s1. The molecule has 2 aliphatic rings. The summed E-state index contributed by atoms with van der Waals surface area (Å²) in [6, 6.07) is 4.38.